The van der Waals surface area contributed by atoms with Gasteiger partial charge in [-0.05, 0) is 43.0 Å². The van der Waals surface area contributed by atoms with Crippen LogP contribution < -0.4 is 4.74 Å². The molecule has 1 aromatic heterocycles. The average Bonchev–Trinajstić information content (AvgIpc) is 2.68. The molecule has 2 rings (SSSR count). The van der Waals surface area contributed by atoms with Crippen molar-refractivity contribution in [3.8, 4) is 17.0 Å². The maximum Gasteiger partial charge on any atom is 0.184 e. The predicted octanol–water partition coefficient (Wildman–Crippen LogP) is 4.98. The molecule has 0 aliphatic rings. The number of benzene rings is 1. The number of ether oxygens (including phenoxy) is 1. The minimum absolute atomic E-state index is 0.585. The van der Waals surface area contributed by atoms with Crippen molar-refractivity contribution in [2.75, 3.05) is 7.11 Å². The number of hydrogen-bond acceptors (Lipinski definition) is 3. The number of halogens is 1. The van der Waals surface area contributed by atoms with Gasteiger partial charge in [-0.15, -0.1) is 11.3 Å². The van der Waals surface area contributed by atoms with Gasteiger partial charge in [-0.1, -0.05) is 25.4 Å². The highest BCUT2D eigenvalue weighted by atomic mass is 35.5. The zero-order valence-electron chi connectivity index (χ0n) is 11.7. The molecule has 0 amide bonds. The predicted molar refractivity (Wildman–Crippen MR) is 82.4 cm³/mol. The second-order valence-corrected chi connectivity index (χ2v) is 6.74. The van der Waals surface area contributed by atoms with E-state index in [0.29, 0.717) is 10.4 Å². The van der Waals surface area contributed by atoms with E-state index in [0.717, 1.165) is 29.0 Å². The molecule has 4 heteroatoms. The molecule has 0 unspecified atom stereocenters. The summed E-state index contributed by atoms with van der Waals surface area (Å²) in [7, 11) is 1.68. The maximum absolute atomic E-state index is 6.09. The highest BCUT2D eigenvalue weighted by Gasteiger charge is 2.14. The summed E-state index contributed by atoms with van der Waals surface area (Å²) in [5.74, 6) is 1.44. The Labute approximate surface area is 123 Å². The lowest BCUT2D eigenvalue weighted by atomic mass is 10.0. The zero-order valence-corrected chi connectivity index (χ0v) is 13.2. The standard InChI is InChI=1S/C15H18ClNOS/c1-9(2)5-13-14(17-15(16)19-13)11-6-10(3)7-12(8-11)18-4/h6-9H,5H2,1-4H3. The van der Waals surface area contributed by atoms with Crippen molar-refractivity contribution in [3.05, 3.63) is 33.1 Å². The van der Waals surface area contributed by atoms with Crippen molar-refractivity contribution < 1.29 is 4.74 Å². The van der Waals surface area contributed by atoms with Crippen LogP contribution >= 0.6 is 22.9 Å². The number of hydrogen-bond donors (Lipinski definition) is 0. The molecule has 1 heterocycles. The van der Waals surface area contributed by atoms with E-state index in [2.05, 4.69) is 31.8 Å². The normalized spacial score (nSPS) is 11.1. The fourth-order valence-corrected chi connectivity index (χ4v) is 3.44. The van der Waals surface area contributed by atoms with Crippen LogP contribution in [0.4, 0.5) is 0 Å². The Bertz CT molecular complexity index is 578. The number of nitrogens with zero attached hydrogens (tertiary/aromatic N) is 1. The summed E-state index contributed by atoms with van der Waals surface area (Å²) >= 11 is 7.66. The maximum atomic E-state index is 6.09. The van der Waals surface area contributed by atoms with E-state index < -0.39 is 0 Å². The van der Waals surface area contributed by atoms with Gasteiger partial charge in [0.2, 0.25) is 0 Å². The van der Waals surface area contributed by atoms with Gasteiger partial charge in [-0.3, -0.25) is 0 Å². The van der Waals surface area contributed by atoms with E-state index in [4.69, 9.17) is 16.3 Å². The number of aryl methyl sites for hydroxylation is 1. The Morgan fingerprint density at radius 1 is 1.32 bits per heavy atom. The minimum Gasteiger partial charge on any atom is -0.497 e. The lowest BCUT2D eigenvalue weighted by Crippen LogP contribution is -1.94. The third kappa shape index (κ3) is 3.48. The number of rotatable bonds is 4. The lowest BCUT2D eigenvalue weighted by molar-refractivity contribution is 0.414. The molecule has 0 bridgehead atoms. The molecular weight excluding hydrogens is 278 g/mol. The van der Waals surface area contributed by atoms with Crippen molar-refractivity contribution in [3.63, 3.8) is 0 Å². The molecule has 0 N–H and O–H groups in total. The van der Waals surface area contributed by atoms with E-state index in [1.54, 1.807) is 18.4 Å². The van der Waals surface area contributed by atoms with Crippen LogP contribution in [0.5, 0.6) is 5.75 Å². The number of aromatic nitrogens is 1. The van der Waals surface area contributed by atoms with Crippen molar-refractivity contribution in [2.24, 2.45) is 5.92 Å². The lowest BCUT2D eigenvalue weighted by Gasteiger charge is -2.08. The fraction of sp³-hybridized carbons (Fsp3) is 0.400. The van der Waals surface area contributed by atoms with Crippen molar-refractivity contribution in [2.45, 2.75) is 27.2 Å². The molecule has 0 saturated heterocycles. The monoisotopic (exact) mass is 295 g/mol. The smallest absolute Gasteiger partial charge is 0.184 e. The van der Waals surface area contributed by atoms with Crippen LogP contribution in [0.2, 0.25) is 4.47 Å². The van der Waals surface area contributed by atoms with Gasteiger partial charge in [-0.2, -0.15) is 0 Å². The Balaban J connectivity index is 2.48. The van der Waals surface area contributed by atoms with E-state index >= 15 is 0 Å². The summed E-state index contributed by atoms with van der Waals surface area (Å²) in [4.78, 5) is 5.72. The summed E-state index contributed by atoms with van der Waals surface area (Å²) < 4.78 is 5.93. The summed E-state index contributed by atoms with van der Waals surface area (Å²) in [5.41, 5.74) is 3.23. The van der Waals surface area contributed by atoms with Crippen LogP contribution in [-0.4, -0.2) is 12.1 Å². The van der Waals surface area contributed by atoms with E-state index in [1.165, 1.54) is 4.88 Å². The van der Waals surface area contributed by atoms with Crippen LogP contribution in [0.3, 0.4) is 0 Å². The first-order chi connectivity index (χ1) is 8.99. The van der Waals surface area contributed by atoms with Crippen LogP contribution in [0.15, 0.2) is 18.2 Å². The molecule has 0 spiro atoms. The Hall–Kier alpha value is -1.06. The highest BCUT2D eigenvalue weighted by Crippen LogP contribution is 2.34. The molecule has 0 saturated carbocycles. The molecule has 0 atom stereocenters. The minimum atomic E-state index is 0.585. The summed E-state index contributed by atoms with van der Waals surface area (Å²) in [6.07, 6.45) is 0.996. The molecule has 0 aliphatic heterocycles. The van der Waals surface area contributed by atoms with E-state index in [-0.39, 0.29) is 0 Å². The van der Waals surface area contributed by atoms with Crippen LogP contribution in [0, 0.1) is 12.8 Å². The van der Waals surface area contributed by atoms with Gasteiger partial charge in [0.05, 0.1) is 12.8 Å². The summed E-state index contributed by atoms with van der Waals surface area (Å²) in [6.45, 7) is 6.46. The van der Waals surface area contributed by atoms with Crippen LogP contribution in [0.1, 0.15) is 24.3 Å². The third-order valence-electron chi connectivity index (χ3n) is 2.82. The van der Waals surface area contributed by atoms with Gasteiger partial charge in [0, 0.05) is 10.4 Å². The van der Waals surface area contributed by atoms with Crippen molar-refractivity contribution in [1.29, 1.82) is 0 Å². The highest BCUT2D eigenvalue weighted by molar-refractivity contribution is 7.16. The van der Waals surface area contributed by atoms with E-state index in [9.17, 15) is 0 Å². The Kier molecular flexibility index (Phi) is 4.48. The Morgan fingerprint density at radius 3 is 2.68 bits per heavy atom. The van der Waals surface area contributed by atoms with Gasteiger partial charge in [0.15, 0.2) is 4.47 Å². The molecule has 2 aromatic rings. The molecular formula is C15H18ClNOS. The van der Waals surface area contributed by atoms with Crippen LogP contribution in [-0.2, 0) is 6.42 Å². The van der Waals surface area contributed by atoms with Crippen molar-refractivity contribution in [1.82, 2.24) is 4.98 Å². The quantitative estimate of drug-likeness (QED) is 0.793. The molecule has 102 valence electrons. The van der Waals surface area contributed by atoms with Crippen LogP contribution in [0.25, 0.3) is 11.3 Å². The summed E-state index contributed by atoms with van der Waals surface area (Å²) in [6, 6.07) is 6.15. The molecule has 2 nitrogen and oxygen atoms in total. The van der Waals surface area contributed by atoms with Gasteiger partial charge in [-0.25, -0.2) is 4.98 Å². The molecule has 0 fully saturated rings. The third-order valence-corrected chi connectivity index (χ3v) is 4.01. The Morgan fingerprint density at radius 2 is 2.05 bits per heavy atom. The first-order valence-corrected chi connectivity index (χ1v) is 7.50. The topological polar surface area (TPSA) is 22.1 Å². The second-order valence-electron chi connectivity index (χ2n) is 5.08. The van der Waals surface area contributed by atoms with Gasteiger partial charge in [0.25, 0.3) is 0 Å². The molecule has 1 aromatic carbocycles. The largest absolute Gasteiger partial charge is 0.497 e. The fourth-order valence-electron chi connectivity index (χ4n) is 2.06. The average molecular weight is 296 g/mol. The van der Waals surface area contributed by atoms with E-state index in [1.807, 2.05) is 12.1 Å². The first kappa shape index (κ1) is 14.4. The SMILES string of the molecule is COc1cc(C)cc(-c2nc(Cl)sc2CC(C)C)c1. The number of thiazole rings is 1. The van der Waals surface area contributed by atoms with Crippen molar-refractivity contribution >= 4 is 22.9 Å². The molecule has 0 aliphatic carbocycles. The van der Waals surface area contributed by atoms with Gasteiger partial charge >= 0.3 is 0 Å². The zero-order chi connectivity index (χ0) is 14.0. The van der Waals surface area contributed by atoms with Gasteiger partial charge < -0.3 is 4.74 Å². The molecule has 0 radical (unpaired) electrons. The second kappa shape index (κ2) is 5.93. The first-order valence-electron chi connectivity index (χ1n) is 6.31. The number of methoxy groups -OCH3 is 1. The molecule has 19 heavy (non-hydrogen) atoms. The summed E-state index contributed by atoms with van der Waals surface area (Å²) in [5, 5.41) is 0. The van der Waals surface area contributed by atoms with Gasteiger partial charge in [0.1, 0.15) is 5.75 Å².